The molecule has 0 amide bonds. The molecule has 3 aromatic rings. The number of aliphatic hydroxyl groups is 1. The van der Waals surface area contributed by atoms with Gasteiger partial charge in [0.2, 0.25) is 0 Å². The highest BCUT2D eigenvalue weighted by Crippen LogP contribution is 2.36. The molecule has 0 spiro atoms. The van der Waals surface area contributed by atoms with Crippen LogP contribution in [0.5, 0.6) is 0 Å². The topological polar surface area (TPSA) is 41.3 Å². The first-order valence-electron chi connectivity index (χ1n) is 9.50. The van der Waals surface area contributed by atoms with Gasteiger partial charge in [-0.25, -0.2) is 8.78 Å². The van der Waals surface area contributed by atoms with Gasteiger partial charge in [0.05, 0.1) is 12.6 Å². The Morgan fingerprint density at radius 2 is 2.11 bits per heavy atom. The van der Waals surface area contributed by atoms with Crippen molar-refractivity contribution in [3.63, 3.8) is 0 Å². The Hall–Kier alpha value is -2.31. The number of fused-ring (bicyclic) bond motifs is 3. The standard InChI is InChI=1S/C22H25F2N3O/c1-14-6-7-18-16(9-14)17-12-26(3)20(21(23)24)10-19(17)27(18)13-22(2,28)15-5-4-8-25-11-15/h4-9,11,20-21,28H,10,12-13H2,1-3H3. The second-order valence-electron chi connectivity index (χ2n) is 8.07. The van der Waals surface area contributed by atoms with Crippen molar-refractivity contribution in [3.05, 3.63) is 65.1 Å². The molecular weight excluding hydrogens is 360 g/mol. The van der Waals surface area contributed by atoms with Crippen molar-refractivity contribution in [1.29, 1.82) is 0 Å². The zero-order valence-electron chi connectivity index (χ0n) is 16.4. The Labute approximate surface area is 163 Å². The van der Waals surface area contributed by atoms with Gasteiger partial charge in [-0.15, -0.1) is 0 Å². The van der Waals surface area contributed by atoms with Crippen LogP contribution in [0.1, 0.15) is 29.3 Å². The molecule has 6 heteroatoms. The maximum Gasteiger partial charge on any atom is 0.254 e. The Bertz CT molecular complexity index is 998. The van der Waals surface area contributed by atoms with E-state index in [9.17, 15) is 13.9 Å². The van der Waals surface area contributed by atoms with Gasteiger partial charge in [0.25, 0.3) is 6.43 Å². The minimum atomic E-state index is -2.41. The van der Waals surface area contributed by atoms with Crippen LogP contribution in [0.4, 0.5) is 8.78 Å². The van der Waals surface area contributed by atoms with E-state index in [1.165, 1.54) is 0 Å². The lowest BCUT2D eigenvalue weighted by Gasteiger charge is -2.34. The third-order valence-corrected chi connectivity index (χ3v) is 5.86. The van der Waals surface area contributed by atoms with E-state index in [4.69, 9.17) is 0 Å². The molecule has 28 heavy (non-hydrogen) atoms. The van der Waals surface area contributed by atoms with Gasteiger partial charge in [-0.3, -0.25) is 9.88 Å². The molecule has 4 nitrogen and oxygen atoms in total. The lowest BCUT2D eigenvalue weighted by Crippen LogP contribution is -2.43. The summed E-state index contributed by atoms with van der Waals surface area (Å²) in [5.41, 5.74) is 3.63. The summed E-state index contributed by atoms with van der Waals surface area (Å²) in [6.45, 7) is 4.54. The van der Waals surface area contributed by atoms with Gasteiger partial charge in [0.1, 0.15) is 5.60 Å². The van der Waals surface area contributed by atoms with Crippen molar-refractivity contribution in [2.75, 3.05) is 7.05 Å². The second kappa shape index (κ2) is 6.94. The van der Waals surface area contributed by atoms with Gasteiger partial charge in [-0.05, 0) is 44.7 Å². The molecule has 148 valence electrons. The predicted octanol–water partition coefficient (Wildman–Crippen LogP) is 3.87. The van der Waals surface area contributed by atoms with Crippen molar-refractivity contribution in [1.82, 2.24) is 14.5 Å². The Kier molecular flexibility index (Phi) is 4.71. The number of aromatic nitrogens is 2. The second-order valence-corrected chi connectivity index (χ2v) is 8.07. The van der Waals surface area contributed by atoms with Crippen LogP contribution in [0.3, 0.4) is 0 Å². The quantitative estimate of drug-likeness (QED) is 0.741. The van der Waals surface area contributed by atoms with E-state index in [2.05, 4.69) is 11.1 Å². The number of hydrogen-bond donors (Lipinski definition) is 1. The van der Waals surface area contributed by atoms with Crippen molar-refractivity contribution >= 4 is 10.9 Å². The summed E-state index contributed by atoms with van der Waals surface area (Å²) in [5, 5.41) is 12.3. The average Bonchev–Trinajstić information content (AvgIpc) is 2.93. The molecule has 4 rings (SSSR count). The minimum Gasteiger partial charge on any atom is -0.384 e. The van der Waals surface area contributed by atoms with Crippen LogP contribution < -0.4 is 0 Å². The summed E-state index contributed by atoms with van der Waals surface area (Å²) in [6, 6.07) is 8.97. The van der Waals surface area contributed by atoms with Crippen LogP contribution >= 0.6 is 0 Å². The normalized spacial score (nSPS) is 19.8. The van der Waals surface area contributed by atoms with E-state index in [0.29, 0.717) is 12.1 Å². The Morgan fingerprint density at radius 1 is 1.32 bits per heavy atom. The number of hydrogen-bond acceptors (Lipinski definition) is 3. The molecule has 2 unspecified atom stereocenters. The lowest BCUT2D eigenvalue weighted by molar-refractivity contribution is 0.0228. The van der Waals surface area contributed by atoms with Gasteiger partial charge < -0.3 is 9.67 Å². The summed E-state index contributed by atoms with van der Waals surface area (Å²) in [4.78, 5) is 5.85. The highest BCUT2D eigenvalue weighted by Gasteiger charge is 2.35. The van der Waals surface area contributed by atoms with Crippen LogP contribution in [-0.2, 0) is 25.1 Å². The molecule has 2 aromatic heterocycles. The maximum atomic E-state index is 13.6. The number of rotatable bonds is 4. The molecule has 0 saturated carbocycles. The molecule has 1 aliphatic rings. The molecule has 1 aromatic carbocycles. The van der Waals surface area contributed by atoms with E-state index in [0.717, 1.165) is 27.7 Å². The molecule has 3 heterocycles. The highest BCUT2D eigenvalue weighted by atomic mass is 19.3. The fourth-order valence-electron chi connectivity index (χ4n) is 4.26. The Morgan fingerprint density at radius 3 is 2.79 bits per heavy atom. The molecule has 1 N–H and O–H groups in total. The summed E-state index contributed by atoms with van der Waals surface area (Å²) >= 11 is 0. The number of likely N-dealkylation sites (N-methyl/N-ethyl adjacent to an activating group) is 1. The van der Waals surface area contributed by atoms with Crippen LogP contribution in [0.2, 0.25) is 0 Å². The predicted molar refractivity (Wildman–Crippen MR) is 105 cm³/mol. The van der Waals surface area contributed by atoms with E-state index < -0.39 is 18.1 Å². The summed E-state index contributed by atoms with van der Waals surface area (Å²) in [7, 11) is 1.75. The number of benzene rings is 1. The molecule has 0 saturated heterocycles. The largest absolute Gasteiger partial charge is 0.384 e. The van der Waals surface area contributed by atoms with Crippen molar-refractivity contribution in [3.8, 4) is 0 Å². The van der Waals surface area contributed by atoms with Crippen molar-refractivity contribution in [2.24, 2.45) is 0 Å². The van der Waals surface area contributed by atoms with E-state index in [-0.39, 0.29) is 13.0 Å². The Balaban J connectivity index is 1.85. The number of pyridine rings is 1. The molecular formula is C22H25F2N3O. The maximum absolute atomic E-state index is 13.6. The van der Waals surface area contributed by atoms with Crippen LogP contribution in [-0.4, -0.2) is 39.1 Å². The van der Waals surface area contributed by atoms with Gasteiger partial charge in [-0.2, -0.15) is 0 Å². The zero-order valence-corrected chi connectivity index (χ0v) is 16.4. The summed E-state index contributed by atoms with van der Waals surface area (Å²) < 4.78 is 29.2. The molecule has 0 aliphatic carbocycles. The third kappa shape index (κ3) is 3.20. The summed E-state index contributed by atoms with van der Waals surface area (Å²) in [5.74, 6) is 0. The first-order chi connectivity index (χ1) is 13.3. The van der Waals surface area contributed by atoms with Crippen LogP contribution in [0, 0.1) is 6.92 Å². The number of nitrogens with zero attached hydrogens (tertiary/aromatic N) is 3. The SMILES string of the molecule is Cc1ccc2c(c1)c1c(n2CC(C)(O)c2cccnc2)CC(C(F)F)N(C)C1. The molecule has 0 fully saturated rings. The third-order valence-electron chi connectivity index (χ3n) is 5.86. The highest BCUT2D eigenvalue weighted by molar-refractivity contribution is 5.86. The lowest BCUT2D eigenvalue weighted by atomic mass is 9.96. The monoisotopic (exact) mass is 385 g/mol. The van der Waals surface area contributed by atoms with E-state index in [1.54, 1.807) is 37.3 Å². The molecule has 2 atom stereocenters. The van der Waals surface area contributed by atoms with E-state index in [1.807, 2.05) is 29.7 Å². The van der Waals surface area contributed by atoms with Gasteiger partial charge in [-0.1, -0.05) is 17.7 Å². The van der Waals surface area contributed by atoms with Gasteiger partial charge in [0.15, 0.2) is 0 Å². The number of aryl methyl sites for hydroxylation is 1. The van der Waals surface area contributed by atoms with Crippen LogP contribution in [0.15, 0.2) is 42.7 Å². The van der Waals surface area contributed by atoms with Gasteiger partial charge >= 0.3 is 0 Å². The first kappa shape index (κ1) is 19.0. The fourth-order valence-corrected chi connectivity index (χ4v) is 4.26. The van der Waals surface area contributed by atoms with Crippen molar-refractivity contribution < 1.29 is 13.9 Å². The van der Waals surface area contributed by atoms with Gasteiger partial charge in [0, 0.05) is 47.5 Å². The van der Waals surface area contributed by atoms with Crippen LogP contribution in [0.25, 0.3) is 10.9 Å². The number of halogens is 2. The zero-order chi connectivity index (χ0) is 20.1. The summed E-state index contributed by atoms with van der Waals surface area (Å²) in [6.07, 6.45) is 1.17. The fraction of sp³-hybridized carbons (Fsp3) is 0.409. The number of alkyl halides is 2. The molecule has 1 aliphatic heterocycles. The minimum absolute atomic E-state index is 0.264. The van der Waals surface area contributed by atoms with Crippen molar-refractivity contribution in [2.45, 2.75) is 51.4 Å². The average molecular weight is 385 g/mol. The smallest absolute Gasteiger partial charge is 0.254 e. The van der Waals surface area contributed by atoms with E-state index >= 15 is 0 Å². The molecule has 0 radical (unpaired) electrons. The first-order valence-corrected chi connectivity index (χ1v) is 9.50. The molecule has 0 bridgehead atoms.